The fourth-order valence-corrected chi connectivity index (χ4v) is 3.70. The van der Waals surface area contributed by atoms with Gasteiger partial charge in [0.2, 0.25) is 0 Å². The van der Waals surface area contributed by atoms with E-state index >= 15 is 0 Å². The molecule has 1 amide bonds. The van der Waals surface area contributed by atoms with Gasteiger partial charge in [0.15, 0.2) is 5.82 Å². The van der Waals surface area contributed by atoms with Crippen molar-refractivity contribution in [2.45, 2.75) is 31.7 Å². The molecule has 0 aliphatic carbocycles. The van der Waals surface area contributed by atoms with Gasteiger partial charge in [-0.1, -0.05) is 30.3 Å². The largest absolute Gasteiger partial charge is 0.382 e. The Morgan fingerprint density at radius 3 is 2.88 bits per heavy atom. The number of fused-ring (bicyclic) bond motifs is 1. The number of aromatic nitrogens is 2. The number of hydrogen-bond donors (Lipinski definition) is 2. The molecule has 0 bridgehead atoms. The lowest BCUT2D eigenvalue weighted by atomic mass is 9.94. The molecule has 0 saturated carbocycles. The number of nitrogens with two attached hydrogens (primary N) is 1. The summed E-state index contributed by atoms with van der Waals surface area (Å²) in [6, 6.07) is 16.2. The molecular formula is C20H22N4O. The highest BCUT2D eigenvalue weighted by atomic mass is 16.2. The van der Waals surface area contributed by atoms with Crippen LogP contribution in [0.15, 0.2) is 48.5 Å². The third-order valence-electron chi connectivity index (χ3n) is 5.04. The molecule has 0 spiro atoms. The molecule has 2 aromatic carbocycles. The zero-order valence-electron chi connectivity index (χ0n) is 14.1. The van der Waals surface area contributed by atoms with Gasteiger partial charge in [0, 0.05) is 23.5 Å². The number of amides is 1. The van der Waals surface area contributed by atoms with Gasteiger partial charge in [-0.25, -0.2) is 0 Å². The Balaban J connectivity index is 1.60. The molecule has 1 saturated heterocycles. The highest BCUT2D eigenvalue weighted by Gasteiger charge is 2.27. The Morgan fingerprint density at radius 2 is 2.04 bits per heavy atom. The van der Waals surface area contributed by atoms with Gasteiger partial charge >= 0.3 is 0 Å². The monoisotopic (exact) mass is 334 g/mol. The molecule has 3 aromatic rings. The number of nitrogen functional groups attached to an aromatic ring is 1. The van der Waals surface area contributed by atoms with E-state index in [2.05, 4.69) is 34.5 Å². The number of rotatable bonds is 3. The zero-order valence-corrected chi connectivity index (χ0v) is 14.1. The van der Waals surface area contributed by atoms with E-state index in [1.165, 1.54) is 12.0 Å². The fraction of sp³-hybridized carbons (Fsp3) is 0.300. The second kappa shape index (κ2) is 6.59. The molecule has 5 heteroatoms. The lowest BCUT2D eigenvalue weighted by Gasteiger charge is -2.36. The first-order valence-corrected chi connectivity index (χ1v) is 8.81. The Labute approximate surface area is 146 Å². The van der Waals surface area contributed by atoms with Crippen molar-refractivity contribution in [1.29, 1.82) is 0 Å². The van der Waals surface area contributed by atoms with E-state index in [4.69, 9.17) is 5.73 Å². The van der Waals surface area contributed by atoms with Crippen LogP contribution >= 0.6 is 0 Å². The number of anilines is 1. The molecule has 0 radical (unpaired) electrons. The zero-order chi connectivity index (χ0) is 17.2. The van der Waals surface area contributed by atoms with E-state index in [0.717, 1.165) is 36.7 Å². The highest BCUT2D eigenvalue weighted by Crippen LogP contribution is 2.25. The lowest BCUT2D eigenvalue weighted by molar-refractivity contribution is 0.0613. The van der Waals surface area contributed by atoms with Crippen LogP contribution in [-0.4, -0.2) is 33.6 Å². The number of hydrogen-bond acceptors (Lipinski definition) is 3. The van der Waals surface area contributed by atoms with Crippen molar-refractivity contribution in [3.63, 3.8) is 0 Å². The average molecular weight is 334 g/mol. The SMILES string of the molecule is Nc1n[nH]c2ccc(C(=O)N3CCCC[C@H]3Cc3ccccc3)cc12. The van der Waals surface area contributed by atoms with Gasteiger partial charge in [0.25, 0.3) is 5.91 Å². The predicted molar refractivity (Wildman–Crippen MR) is 99.3 cm³/mol. The Bertz CT molecular complexity index is 887. The van der Waals surface area contributed by atoms with Crippen molar-refractivity contribution in [3.05, 3.63) is 59.7 Å². The van der Waals surface area contributed by atoms with Crippen LogP contribution in [0, 0.1) is 0 Å². The number of carbonyl (C=O) groups excluding carboxylic acids is 1. The molecule has 2 heterocycles. The number of aromatic amines is 1. The Morgan fingerprint density at radius 1 is 1.20 bits per heavy atom. The van der Waals surface area contributed by atoms with Crippen molar-refractivity contribution >= 4 is 22.6 Å². The van der Waals surface area contributed by atoms with E-state index in [-0.39, 0.29) is 11.9 Å². The van der Waals surface area contributed by atoms with Crippen LogP contribution in [0.4, 0.5) is 5.82 Å². The minimum Gasteiger partial charge on any atom is -0.382 e. The normalized spacial score (nSPS) is 17.8. The standard InChI is InChI=1S/C20H22N4O/c21-19-17-13-15(9-10-18(17)22-23-19)20(25)24-11-5-4-8-16(24)12-14-6-2-1-3-7-14/h1-3,6-7,9-10,13,16H,4-5,8,11-12H2,(H3,21,22,23)/t16-/m0/s1. The van der Waals surface area contributed by atoms with Crippen LogP contribution in [-0.2, 0) is 6.42 Å². The van der Waals surface area contributed by atoms with Crippen LogP contribution in [0.3, 0.4) is 0 Å². The first kappa shape index (κ1) is 15.7. The second-order valence-electron chi connectivity index (χ2n) is 6.71. The van der Waals surface area contributed by atoms with Crippen molar-refractivity contribution in [3.8, 4) is 0 Å². The van der Waals surface area contributed by atoms with Crippen molar-refractivity contribution in [1.82, 2.24) is 15.1 Å². The average Bonchev–Trinajstić information content (AvgIpc) is 3.03. The summed E-state index contributed by atoms with van der Waals surface area (Å²) in [6.07, 6.45) is 4.20. The highest BCUT2D eigenvalue weighted by molar-refractivity contribution is 6.00. The van der Waals surface area contributed by atoms with Gasteiger partial charge in [-0.3, -0.25) is 9.89 Å². The third-order valence-corrected chi connectivity index (χ3v) is 5.04. The maximum atomic E-state index is 13.1. The van der Waals surface area contributed by atoms with Crippen LogP contribution < -0.4 is 5.73 Å². The summed E-state index contributed by atoms with van der Waals surface area (Å²) in [5.41, 5.74) is 8.70. The molecule has 0 unspecified atom stereocenters. The number of nitrogens with zero attached hydrogens (tertiary/aromatic N) is 2. The first-order chi connectivity index (χ1) is 12.2. The van der Waals surface area contributed by atoms with Gasteiger partial charge in [-0.2, -0.15) is 5.10 Å². The molecule has 1 aromatic heterocycles. The van der Waals surface area contributed by atoms with Crippen LogP contribution in [0.25, 0.3) is 10.9 Å². The van der Waals surface area contributed by atoms with Crippen molar-refractivity contribution in [2.24, 2.45) is 0 Å². The van der Waals surface area contributed by atoms with E-state index in [0.29, 0.717) is 11.4 Å². The first-order valence-electron chi connectivity index (χ1n) is 8.81. The van der Waals surface area contributed by atoms with Gasteiger partial charge in [-0.15, -0.1) is 0 Å². The summed E-state index contributed by atoms with van der Waals surface area (Å²) in [5, 5.41) is 7.69. The van der Waals surface area contributed by atoms with Crippen molar-refractivity contribution in [2.75, 3.05) is 12.3 Å². The van der Waals surface area contributed by atoms with Crippen LogP contribution in [0.5, 0.6) is 0 Å². The van der Waals surface area contributed by atoms with E-state index in [1.807, 2.05) is 29.2 Å². The molecule has 128 valence electrons. The smallest absolute Gasteiger partial charge is 0.254 e. The molecular weight excluding hydrogens is 312 g/mol. The number of H-pyrrole nitrogens is 1. The van der Waals surface area contributed by atoms with Gasteiger partial charge < -0.3 is 10.6 Å². The molecule has 25 heavy (non-hydrogen) atoms. The fourth-order valence-electron chi connectivity index (χ4n) is 3.70. The summed E-state index contributed by atoms with van der Waals surface area (Å²) in [5.74, 6) is 0.521. The molecule has 3 N–H and O–H groups in total. The lowest BCUT2D eigenvalue weighted by Crippen LogP contribution is -2.44. The minimum absolute atomic E-state index is 0.0862. The second-order valence-corrected chi connectivity index (χ2v) is 6.71. The maximum Gasteiger partial charge on any atom is 0.254 e. The molecule has 1 aliphatic rings. The molecule has 1 atom stereocenters. The summed E-state index contributed by atoms with van der Waals surface area (Å²) in [4.78, 5) is 15.2. The molecule has 1 fully saturated rings. The van der Waals surface area contributed by atoms with Gasteiger partial charge in [0.1, 0.15) is 0 Å². The van der Waals surface area contributed by atoms with E-state index in [1.54, 1.807) is 0 Å². The van der Waals surface area contributed by atoms with E-state index < -0.39 is 0 Å². The minimum atomic E-state index is 0.0862. The maximum absolute atomic E-state index is 13.1. The topological polar surface area (TPSA) is 75.0 Å². The predicted octanol–water partition coefficient (Wildman–Crippen LogP) is 3.38. The van der Waals surface area contributed by atoms with Crippen LogP contribution in [0.1, 0.15) is 35.2 Å². The van der Waals surface area contributed by atoms with Gasteiger partial charge in [0.05, 0.1) is 5.52 Å². The number of nitrogens with one attached hydrogen (secondary N) is 1. The summed E-state index contributed by atoms with van der Waals surface area (Å²) < 4.78 is 0. The molecule has 1 aliphatic heterocycles. The molecule has 4 rings (SSSR count). The number of benzene rings is 2. The summed E-state index contributed by atoms with van der Waals surface area (Å²) in [6.45, 7) is 0.815. The number of carbonyl (C=O) groups is 1. The van der Waals surface area contributed by atoms with Crippen molar-refractivity contribution < 1.29 is 4.79 Å². The van der Waals surface area contributed by atoms with Crippen LogP contribution in [0.2, 0.25) is 0 Å². The van der Waals surface area contributed by atoms with E-state index in [9.17, 15) is 4.79 Å². The van der Waals surface area contributed by atoms with Gasteiger partial charge in [-0.05, 0) is 49.4 Å². The summed E-state index contributed by atoms with van der Waals surface area (Å²) in [7, 11) is 0. The number of piperidine rings is 1. The molecule has 5 nitrogen and oxygen atoms in total. The quantitative estimate of drug-likeness (QED) is 0.771. The Kier molecular flexibility index (Phi) is 4.14. The third kappa shape index (κ3) is 3.09. The Hall–Kier alpha value is -2.82. The number of likely N-dealkylation sites (tertiary alicyclic amines) is 1. The summed E-state index contributed by atoms with van der Waals surface area (Å²) >= 11 is 0.